The van der Waals surface area contributed by atoms with Gasteiger partial charge in [0, 0.05) is 5.39 Å². The Morgan fingerprint density at radius 1 is 1.15 bits per heavy atom. The maximum atomic E-state index is 14.2. The van der Waals surface area contributed by atoms with Gasteiger partial charge in [0.2, 0.25) is 0 Å². The van der Waals surface area contributed by atoms with E-state index in [0.29, 0.717) is 17.1 Å². The third kappa shape index (κ3) is 4.73. The van der Waals surface area contributed by atoms with Crippen LogP contribution in [0.3, 0.4) is 0 Å². The summed E-state index contributed by atoms with van der Waals surface area (Å²) in [5.74, 6) is -0.710. The van der Waals surface area contributed by atoms with Crippen LogP contribution in [0.25, 0.3) is 10.8 Å². The van der Waals surface area contributed by atoms with Gasteiger partial charge in [-0.3, -0.25) is 4.79 Å². The second-order valence-corrected chi connectivity index (χ2v) is 7.07. The molecular weight excluding hydrogens is 357 g/mol. The molecule has 6 heteroatoms. The Bertz CT molecular complexity index is 799. The first-order valence-electron chi connectivity index (χ1n) is 9.36. The summed E-state index contributed by atoms with van der Waals surface area (Å²) in [7, 11) is 0. The molecule has 0 saturated heterocycles. The van der Waals surface area contributed by atoms with Gasteiger partial charge in [-0.2, -0.15) is 8.78 Å². The smallest absolute Gasteiger partial charge is 0.387 e. The summed E-state index contributed by atoms with van der Waals surface area (Å²) in [5, 5.41) is 0.582. The van der Waals surface area contributed by atoms with Crippen LogP contribution in [0.15, 0.2) is 30.3 Å². The van der Waals surface area contributed by atoms with E-state index < -0.39 is 18.2 Å². The predicted octanol–water partition coefficient (Wildman–Crippen LogP) is 6.09. The number of benzene rings is 2. The predicted molar refractivity (Wildman–Crippen MR) is 96.5 cm³/mol. The fraction of sp³-hybridized carbons (Fsp3) is 0.476. The fourth-order valence-electron chi connectivity index (χ4n) is 3.79. The van der Waals surface area contributed by atoms with Crippen molar-refractivity contribution in [3.63, 3.8) is 0 Å². The lowest BCUT2D eigenvalue weighted by Gasteiger charge is -2.26. The number of hydrogen-bond donors (Lipinski definition) is 0. The lowest BCUT2D eigenvalue weighted by Crippen LogP contribution is -2.25. The summed E-state index contributed by atoms with van der Waals surface area (Å²) in [6, 6.07) is 7.01. The molecule has 0 unspecified atom stereocenters. The molecule has 27 heavy (non-hydrogen) atoms. The number of rotatable bonds is 6. The van der Waals surface area contributed by atoms with Crippen molar-refractivity contribution in [1.82, 2.24) is 0 Å². The molecule has 0 spiro atoms. The molecule has 0 bridgehead atoms. The summed E-state index contributed by atoms with van der Waals surface area (Å²) >= 11 is 0. The standard InChI is InChI=1S/C21H23F3O3/c1-2-3-13-4-6-14(7-5-13)20(25)26-16-9-10-17-15(12-16)8-11-18(19(17)22)27-21(23)24/h8-14,21H,2-7H2,1H3. The first-order valence-corrected chi connectivity index (χ1v) is 9.36. The quantitative estimate of drug-likeness (QED) is 0.449. The number of hydrogen-bond acceptors (Lipinski definition) is 3. The second kappa shape index (κ2) is 8.63. The summed E-state index contributed by atoms with van der Waals surface area (Å²) < 4.78 is 48.5. The molecule has 1 aliphatic carbocycles. The third-order valence-corrected chi connectivity index (χ3v) is 5.20. The van der Waals surface area contributed by atoms with Gasteiger partial charge in [0.25, 0.3) is 0 Å². The van der Waals surface area contributed by atoms with Crippen LogP contribution in [0.4, 0.5) is 13.2 Å². The summed E-state index contributed by atoms with van der Waals surface area (Å²) in [6.45, 7) is -0.921. The molecule has 0 N–H and O–H groups in total. The largest absolute Gasteiger partial charge is 0.432 e. The van der Waals surface area contributed by atoms with Crippen LogP contribution in [-0.4, -0.2) is 12.6 Å². The second-order valence-electron chi connectivity index (χ2n) is 7.07. The van der Waals surface area contributed by atoms with Crippen LogP contribution in [-0.2, 0) is 4.79 Å². The van der Waals surface area contributed by atoms with Gasteiger partial charge in [0.05, 0.1) is 5.92 Å². The van der Waals surface area contributed by atoms with Crippen molar-refractivity contribution in [2.45, 2.75) is 52.1 Å². The minimum absolute atomic E-state index is 0.104. The van der Waals surface area contributed by atoms with Crippen molar-refractivity contribution < 1.29 is 27.4 Å². The molecule has 0 atom stereocenters. The van der Waals surface area contributed by atoms with Crippen LogP contribution in [0, 0.1) is 17.7 Å². The van der Waals surface area contributed by atoms with Gasteiger partial charge >= 0.3 is 12.6 Å². The monoisotopic (exact) mass is 380 g/mol. The van der Waals surface area contributed by atoms with E-state index in [0.717, 1.165) is 38.2 Å². The molecule has 0 radical (unpaired) electrons. The first-order chi connectivity index (χ1) is 13.0. The number of alkyl halides is 2. The normalized spacial score (nSPS) is 20.0. The number of carbonyl (C=O) groups excluding carboxylic acids is 1. The van der Waals surface area contributed by atoms with Crippen molar-refractivity contribution >= 4 is 16.7 Å². The third-order valence-electron chi connectivity index (χ3n) is 5.20. The van der Waals surface area contributed by atoms with Crippen molar-refractivity contribution in [3.05, 3.63) is 36.1 Å². The lowest BCUT2D eigenvalue weighted by molar-refractivity contribution is -0.140. The number of ether oxygens (including phenoxy) is 2. The Morgan fingerprint density at radius 3 is 2.56 bits per heavy atom. The first kappa shape index (κ1) is 19.5. The molecule has 0 aliphatic heterocycles. The van der Waals surface area contributed by atoms with Crippen LogP contribution >= 0.6 is 0 Å². The summed E-state index contributed by atoms with van der Waals surface area (Å²) in [6.07, 6.45) is 6.12. The SMILES string of the molecule is CCCC1CCC(C(=O)Oc2ccc3c(F)c(OC(F)F)ccc3c2)CC1. The summed E-state index contributed by atoms with van der Waals surface area (Å²) in [4.78, 5) is 12.4. The average molecular weight is 380 g/mol. The highest BCUT2D eigenvalue weighted by Gasteiger charge is 2.27. The van der Waals surface area contributed by atoms with Crippen LogP contribution in [0.1, 0.15) is 45.4 Å². The highest BCUT2D eigenvalue weighted by atomic mass is 19.3. The Balaban J connectivity index is 1.68. The number of halogens is 3. The highest BCUT2D eigenvalue weighted by Crippen LogP contribution is 2.34. The maximum absolute atomic E-state index is 14.2. The zero-order valence-electron chi connectivity index (χ0n) is 15.2. The minimum atomic E-state index is -3.09. The van der Waals surface area contributed by atoms with Gasteiger partial charge in [-0.1, -0.05) is 25.8 Å². The van der Waals surface area contributed by atoms with E-state index >= 15 is 0 Å². The maximum Gasteiger partial charge on any atom is 0.387 e. The van der Waals surface area contributed by atoms with E-state index in [1.54, 1.807) is 0 Å². The molecule has 0 aromatic heterocycles. The van der Waals surface area contributed by atoms with E-state index in [4.69, 9.17) is 4.74 Å². The molecule has 3 nitrogen and oxygen atoms in total. The molecule has 1 aliphatic rings. The van der Waals surface area contributed by atoms with Gasteiger partial charge < -0.3 is 9.47 Å². The molecule has 3 rings (SSSR count). The Morgan fingerprint density at radius 2 is 1.89 bits per heavy atom. The molecule has 1 saturated carbocycles. The minimum Gasteiger partial charge on any atom is -0.432 e. The van der Waals surface area contributed by atoms with Crippen molar-refractivity contribution in [1.29, 1.82) is 0 Å². The van der Waals surface area contributed by atoms with E-state index in [1.807, 2.05) is 0 Å². The molecule has 2 aromatic carbocycles. The average Bonchev–Trinajstić information content (AvgIpc) is 2.64. The molecule has 1 fully saturated rings. The molecule has 0 heterocycles. The zero-order chi connectivity index (χ0) is 19.4. The topological polar surface area (TPSA) is 35.5 Å². The van der Waals surface area contributed by atoms with Gasteiger partial charge in [0.15, 0.2) is 11.6 Å². The lowest BCUT2D eigenvalue weighted by atomic mass is 9.80. The Hall–Kier alpha value is -2.24. The van der Waals surface area contributed by atoms with E-state index in [9.17, 15) is 18.0 Å². The van der Waals surface area contributed by atoms with Crippen molar-refractivity contribution in [2.24, 2.45) is 11.8 Å². The Labute approximate surface area is 156 Å². The van der Waals surface area contributed by atoms with Gasteiger partial charge in [-0.25, -0.2) is 4.39 Å². The van der Waals surface area contributed by atoms with Gasteiger partial charge in [-0.05, 0) is 61.3 Å². The zero-order valence-corrected chi connectivity index (χ0v) is 15.2. The van der Waals surface area contributed by atoms with Crippen LogP contribution in [0.5, 0.6) is 11.5 Å². The van der Waals surface area contributed by atoms with Crippen molar-refractivity contribution in [3.8, 4) is 11.5 Å². The van der Waals surface area contributed by atoms with E-state index in [1.165, 1.54) is 30.7 Å². The van der Waals surface area contributed by atoms with Gasteiger partial charge in [0.1, 0.15) is 5.75 Å². The van der Waals surface area contributed by atoms with E-state index in [2.05, 4.69) is 11.7 Å². The molecule has 0 amide bonds. The van der Waals surface area contributed by atoms with Crippen LogP contribution < -0.4 is 9.47 Å². The number of fused-ring (bicyclic) bond motifs is 1. The van der Waals surface area contributed by atoms with Crippen LogP contribution in [0.2, 0.25) is 0 Å². The molecular formula is C21H23F3O3. The number of esters is 1. The fourth-order valence-corrected chi connectivity index (χ4v) is 3.79. The summed E-state index contributed by atoms with van der Waals surface area (Å²) in [5.41, 5.74) is 0. The molecule has 2 aromatic rings. The number of carbonyl (C=O) groups is 1. The van der Waals surface area contributed by atoms with Crippen molar-refractivity contribution in [2.75, 3.05) is 0 Å². The highest BCUT2D eigenvalue weighted by molar-refractivity contribution is 5.87. The molecule has 146 valence electrons. The Kier molecular flexibility index (Phi) is 6.24. The van der Waals surface area contributed by atoms with Gasteiger partial charge in [-0.15, -0.1) is 0 Å². The van der Waals surface area contributed by atoms with E-state index in [-0.39, 0.29) is 17.3 Å².